The summed E-state index contributed by atoms with van der Waals surface area (Å²) in [5.41, 5.74) is 1.07. The summed E-state index contributed by atoms with van der Waals surface area (Å²) < 4.78 is 0. The zero-order valence-corrected chi connectivity index (χ0v) is 14.5. The highest BCUT2D eigenvalue weighted by Crippen LogP contribution is 2.24. The lowest BCUT2D eigenvalue weighted by molar-refractivity contribution is 0.254. The third-order valence-electron chi connectivity index (χ3n) is 3.10. The molecule has 0 bridgehead atoms. The van der Waals surface area contributed by atoms with Gasteiger partial charge >= 0.3 is 0 Å². The Kier molecular flexibility index (Phi) is 5.78. The first-order valence-electron chi connectivity index (χ1n) is 7.05. The summed E-state index contributed by atoms with van der Waals surface area (Å²) in [6.07, 6.45) is 0. The normalized spacial score (nSPS) is 12.3. The van der Waals surface area contributed by atoms with Crippen molar-refractivity contribution in [2.75, 3.05) is 32.5 Å². The van der Waals surface area contributed by atoms with Crippen LogP contribution in [-0.2, 0) is 0 Å². The van der Waals surface area contributed by atoms with E-state index in [2.05, 4.69) is 62.0 Å². The number of rotatable bonds is 6. The molecule has 5 heteroatoms. The topological polar surface area (TPSA) is 41.1 Å². The van der Waals surface area contributed by atoms with E-state index in [4.69, 9.17) is 11.6 Å². The molecular weight excluding hydrogens is 272 g/mol. The molecule has 0 aliphatic rings. The third-order valence-corrected chi connectivity index (χ3v) is 3.47. The molecule has 0 aliphatic heterocycles. The number of hydrogen-bond donors (Lipinski definition) is 1. The molecule has 4 nitrogen and oxygen atoms in total. The summed E-state index contributed by atoms with van der Waals surface area (Å²) in [5.74, 6) is 1.90. The van der Waals surface area contributed by atoms with Crippen LogP contribution in [0.25, 0.3) is 0 Å². The Bertz CT molecular complexity index is 455. The first-order chi connectivity index (χ1) is 9.12. The molecule has 0 fully saturated rings. The van der Waals surface area contributed by atoms with Gasteiger partial charge in [-0.1, -0.05) is 39.3 Å². The van der Waals surface area contributed by atoms with E-state index < -0.39 is 0 Å². The van der Waals surface area contributed by atoms with Crippen molar-refractivity contribution in [1.29, 1.82) is 0 Å². The van der Waals surface area contributed by atoms with Crippen LogP contribution in [-0.4, -0.2) is 42.1 Å². The van der Waals surface area contributed by atoms with E-state index in [1.165, 1.54) is 0 Å². The fourth-order valence-corrected chi connectivity index (χ4v) is 2.35. The first-order valence-corrected chi connectivity index (χ1v) is 7.43. The summed E-state index contributed by atoms with van der Waals surface area (Å²) >= 11 is 6.20. The van der Waals surface area contributed by atoms with Gasteiger partial charge in [0.2, 0.25) is 0 Å². The van der Waals surface area contributed by atoms with Crippen molar-refractivity contribution in [3.8, 4) is 0 Å². The molecule has 0 amide bonds. The van der Waals surface area contributed by atoms with Crippen molar-refractivity contribution in [2.45, 2.75) is 40.5 Å². The highest BCUT2D eigenvalue weighted by Gasteiger charge is 2.20. The molecule has 0 saturated carbocycles. The van der Waals surface area contributed by atoms with Crippen molar-refractivity contribution in [3.05, 3.63) is 16.5 Å². The van der Waals surface area contributed by atoms with Crippen molar-refractivity contribution in [3.63, 3.8) is 0 Å². The Labute approximate surface area is 127 Å². The molecule has 1 heterocycles. The van der Waals surface area contributed by atoms with Gasteiger partial charge in [-0.05, 0) is 26.4 Å². The van der Waals surface area contributed by atoms with Crippen LogP contribution < -0.4 is 5.32 Å². The van der Waals surface area contributed by atoms with Gasteiger partial charge in [-0.2, -0.15) is 0 Å². The zero-order chi connectivity index (χ0) is 15.5. The average molecular weight is 299 g/mol. The monoisotopic (exact) mass is 298 g/mol. The Morgan fingerprint density at radius 3 is 2.35 bits per heavy atom. The molecule has 20 heavy (non-hydrogen) atoms. The fourth-order valence-electron chi connectivity index (χ4n) is 2.17. The van der Waals surface area contributed by atoms with Crippen LogP contribution in [0.5, 0.6) is 0 Å². The minimum Gasteiger partial charge on any atom is -0.369 e. The van der Waals surface area contributed by atoms with Crippen LogP contribution >= 0.6 is 11.6 Å². The molecule has 0 atom stereocenters. The maximum atomic E-state index is 6.20. The molecule has 1 aromatic rings. The number of aromatic nitrogens is 2. The largest absolute Gasteiger partial charge is 0.369 e. The maximum Gasteiger partial charge on any atom is 0.137 e. The lowest BCUT2D eigenvalue weighted by Gasteiger charge is -2.29. The molecule has 1 rings (SSSR count). The average Bonchev–Trinajstić information content (AvgIpc) is 2.28. The van der Waals surface area contributed by atoms with Crippen molar-refractivity contribution in [2.24, 2.45) is 5.41 Å². The Hall–Kier alpha value is -0.870. The summed E-state index contributed by atoms with van der Waals surface area (Å²) in [6.45, 7) is 12.4. The van der Waals surface area contributed by atoms with Crippen molar-refractivity contribution < 1.29 is 0 Å². The Morgan fingerprint density at radius 1 is 1.25 bits per heavy atom. The van der Waals surface area contributed by atoms with E-state index in [0.29, 0.717) is 5.15 Å². The van der Waals surface area contributed by atoms with Gasteiger partial charge < -0.3 is 10.2 Å². The second kappa shape index (κ2) is 6.72. The standard InChI is InChI=1S/C15H27ClN4/c1-10(2)13-18-12(16)11(3)14(19-13)17-8-15(4,5)9-20(6)7/h10H,8-9H2,1-7H3,(H,17,18,19). The van der Waals surface area contributed by atoms with Gasteiger partial charge in [-0.3, -0.25) is 0 Å². The minimum absolute atomic E-state index is 0.158. The molecule has 114 valence electrons. The molecule has 0 radical (unpaired) electrons. The van der Waals surface area contributed by atoms with Crippen LogP contribution in [0.2, 0.25) is 5.15 Å². The first kappa shape index (κ1) is 17.2. The highest BCUT2D eigenvalue weighted by molar-refractivity contribution is 6.30. The zero-order valence-electron chi connectivity index (χ0n) is 13.7. The van der Waals surface area contributed by atoms with Crippen LogP contribution in [0.15, 0.2) is 0 Å². The maximum absolute atomic E-state index is 6.20. The van der Waals surface area contributed by atoms with Gasteiger partial charge in [0.15, 0.2) is 0 Å². The minimum atomic E-state index is 0.158. The molecule has 0 saturated heterocycles. The van der Waals surface area contributed by atoms with Crippen molar-refractivity contribution >= 4 is 17.4 Å². The molecule has 0 aromatic carbocycles. The molecule has 0 aliphatic carbocycles. The number of halogens is 1. The van der Waals surface area contributed by atoms with Crippen LogP contribution in [0.4, 0.5) is 5.82 Å². The molecule has 1 N–H and O–H groups in total. The summed E-state index contributed by atoms with van der Waals surface area (Å²) in [5, 5.41) is 3.97. The highest BCUT2D eigenvalue weighted by atomic mass is 35.5. The number of nitrogens with one attached hydrogen (secondary N) is 1. The Balaban J connectivity index is 2.87. The van der Waals surface area contributed by atoms with Gasteiger partial charge in [0.05, 0.1) is 0 Å². The predicted molar refractivity (Wildman–Crippen MR) is 86.7 cm³/mol. The van der Waals surface area contributed by atoms with E-state index in [9.17, 15) is 0 Å². The molecule has 1 aromatic heterocycles. The lowest BCUT2D eigenvalue weighted by Crippen LogP contribution is -2.34. The van der Waals surface area contributed by atoms with Crippen LogP contribution in [0, 0.1) is 12.3 Å². The predicted octanol–water partition coefficient (Wildman–Crippen LogP) is 3.56. The Morgan fingerprint density at radius 2 is 1.85 bits per heavy atom. The van der Waals surface area contributed by atoms with Gasteiger partial charge in [0.25, 0.3) is 0 Å². The molecular formula is C15H27ClN4. The van der Waals surface area contributed by atoms with E-state index in [1.54, 1.807) is 0 Å². The van der Waals surface area contributed by atoms with Crippen molar-refractivity contribution in [1.82, 2.24) is 14.9 Å². The van der Waals surface area contributed by atoms with Gasteiger partial charge in [0.1, 0.15) is 16.8 Å². The number of nitrogens with zero attached hydrogens (tertiary/aromatic N) is 3. The second-order valence-electron chi connectivity index (χ2n) is 6.76. The second-order valence-corrected chi connectivity index (χ2v) is 7.11. The smallest absolute Gasteiger partial charge is 0.137 e. The molecule has 0 spiro atoms. The number of hydrogen-bond acceptors (Lipinski definition) is 4. The summed E-state index contributed by atoms with van der Waals surface area (Å²) in [6, 6.07) is 0. The van der Waals surface area contributed by atoms with E-state index in [0.717, 1.165) is 30.3 Å². The fraction of sp³-hybridized carbons (Fsp3) is 0.733. The van der Waals surface area contributed by atoms with E-state index >= 15 is 0 Å². The molecule has 0 unspecified atom stereocenters. The van der Waals surface area contributed by atoms with Gasteiger partial charge in [0, 0.05) is 24.6 Å². The van der Waals surface area contributed by atoms with Crippen LogP contribution in [0.1, 0.15) is 45.0 Å². The van der Waals surface area contributed by atoms with Crippen LogP contribution in [0.3, 0.4) is 0 Å². The summed E-state index contributed by atoms with van der Waals surface area (Å²) in [4.78, 5) is 11.1. The third kappa shape index (κ3) is 4.91. The number of anilines is 1. The van der Waals surface area contributed by atoms with E-state index in [-0.39, 0.29) is 11.3 Å². The summed E-state index contributed by atoms with van der Waals surface area (Å²) in [7, 11) is 4.18. The quantitative estimate of drug-likeness (QED) is 0.815. The van der Waals surface area contributed by atoms with Gasteiger partial charge in [-0.15, -0.1) is 0 Å². The lowest BCUT2D eigenvalue weighted by atomic mass is 9.93. The SMILES string of the molecule is Cc1c(Cl)nc(C(C)C)nc1NCC(C)(C)CN(C)C. The van der Waals surface area contributed by atoms with E-state index in [1.807, 2.05) is 6.92 Å². The van der Waals surface area contributed by atoms with Gasteiger partial charge in [-0.25, -0.2) is 9.97 Å².